The summed E-state index contributed by atoms with van der Waals surface area (Å²) in [6, 6.07) is 16.6. The smallest absolute Gasteiger partial charge is 0.231 e. The van der Waals surface area contributed by atoms with Crippen LogP contribution in [0.2, 0.25) is 0 Å². The highest BCUT2D eigenvalue weighted by atomic mass is 127. The normalized spacial score (nSPS) is 20.4. The molecule has 2 N–H and O–H groups in total. The molecule has 1 saturated heterocycles. The number of rotatable bonds is 6. The van der Waals surface area contributed by atoms with Crippen LogP contribution in [0.5, 0.6) is 11.5 Å². The summed E-state index contributed by atoms with van der Waals surface area (Å²) in [6.45, 7) is 2.77. The summed E-state index contributed by atoms with van der Waals surface area (Å²) in [6.07, 6.45) is 3.28. The van der Waals surface area contributed by atoms with E-state index in [0.717, 1.165) is 56.4 Å². The molecule has 30 heavy (non-hydrogen) atoms. The van der Waals surface area contributed by atoms with Gasteiger partial charge in [0.15, 0.2) is 17.5 Å². The topological polar surface area (TPSA) is 64.1 Å². The van der Waals surface area contributed by atoms with Crippen molar-refractivity contribution < 1.29 is 14.2 Å². The number of guanidine groups is 1. The number of ether oxygens (including phenoxy) is 3. The minimum absolute atomic E-state index is 0. The Morgan fingerprint density at radius 2 is 1.90 bits per heavy atom. The summed E-state index contributed by atoms with van der Waals surface area (Å²) < 4.78 is 16.9. The standard InChI is InChI=1S/C23H29N3O3.HI/c1-24-23(25-12-11-17-9-10-20-21(14-17)29-16-28-20)26-15-19-8-5-13-27-22(19)18-6-3-2-4-7-18;/h2-4,6-7,9-10,14,19,22H,5,8,11-13,15-16H2,1H3,(H2,24,25,26);1H. The molecule has 0 aliphatic carbocycles. The van der Waals surface area contributed by atoms with Gasteiger partial charge in [-0.15, -0.1) is 24.0 Å². The van der Waals surface area contributed by atoms with Crippen molar-refractivity contribution in [3.63, 3.8) is 0 Å². The van der Waals surface area contributed by atoms with Crippen molar-refractivity contribution in [1.29, 1.82) is 0 Å². The van der Waals surface area contributed by atoms with E-state index in [2.05, 4.69) is 46.0 Å². The van der Waals surface area contributed by atoms with E-state index < -0.39 is 0 Å². The van der Waals surface area contributed by atoms with Gasteiger partial charge in [-0.25, -0.2) is 0 Å². The van der Waals surface area contributed by atoms with E-state index in [4.69, 9.17) is 14.2 Å². The van der Waals surface area contributed by atoms with Crippen LogP contribution in [0, 0.1) is 5.92 Å². The number of benzene rings is 2. The lowest BCUT2D eigenvalue weighted by molar-refractivity contribution is -0.0265. The van der Waals surface area contributed by atoms with Gasteiger partial charge in [0.25, 0.3) is 0 Å². The van der Waals surface area contributed by atoms with E-state index in [9.17, 15) is 0 Å². The lowest BCUT2D eigenvalue weighted by Crippen LogP contribution is -2.42. The van der Waals surface area contributed by atoms with E-state index in [-0.39, 0.29) is 30.1 Å². The first-order valence-corrected chi connectivity index (χ1v) is 10.3. The molecule has 7 heteroatoms. The van der Waals surface area contributed by atoms with E-state index >= 15 is 0 Å². The average Bonchev–Trinajstić information content (AvgIpc) is 3.25. The van der Waals surface area contributed by atoms with Gasteiger partial charge in [-0.2, -0.15) is 0 Å². The highest BCUT2D eigenvalue weighted by molar-refractivity contribution is 14.0. The Balaban J connectivity index is 0.00000256. The maximum atomic E-state index is 6.10. The predicted octanol–water partition coefficient (Wildman–Crippen LogP) is 3.91. The first kappa shape index (κ1) is 22.7. The minimum atomic E-state index is 0. The van der Waals surface area contributed by atoms with Crippen LogP contribution in [0.25, 0.3) is 0 Å². The van der Waals surface area contributed by atoms with E-state index in [1.807, 2.05) is 25.2 Å². The Bertz CT molecular complexity index is 832. The van der Waals surface area contributed by atoms with Crippen molar-refractivity contribution in [3.8, 4) is 11.5 Å². The summed E-state index contributed by atoms with van der Waals surface area (Å²) >= 11 is 0. The van der Waals surface area contributed by atoms with Gasteiger partial charge in [-0.1, -0.05) is 36.4 Å². The zero-order valence-corrected chi connectivity index (χ0v) is 19.6. The third kappa shape index (κ3) is 5.78. The Morgan fingerprint density at radius 3 is 2.73 bits per heavy atom. The molecule has 2 unspecified atom stereocenters. The van der Waals surface area contributed by atoms with Gasteiger partial charge in [0.2, 0.25) is 6.79 Å². The molecule has 6 nitrogen and oxygen atoms in total. The van der Waals surface area contributed by atoms with Crippen molar-refractivity contribution in [3.05, 3.63) is 59.7 Å². The molecule has 0 spiro atoms. The third-order valence-corrected chi connectivity index (χ3v) is 5.47. The Kier molecular flexibility index (Phi) is 8.62. The van der Waals surface area contributed by atoms with Crippen LogP contribution >= 0.6 is 24.0 Å². The summed E-state index contributed by atoms with van der Waals surface area (Å²) in [5.41, 5.74) is 2.46. The monoisotopic (exact) mass is 523 g/mol. The van der Waals surface area contributed by atoms with Crippen molar-refractivity contribution in [1.82, 2.24) is 10.6 Å². The first-order valence-electron chi connectivity index (χ1n) is 10.3. The minimum Gasteiger partial charge on any atom is -0.454 e. The number of nitrogens with zero attached hydrogens (tertiary/aromatic N) is 1. The van der Waals surface area contributed by atoms with Crippen LogP contribution in [0.4, 0.5) is 0 Å². The SMILES string of the molecule is CN=C(NCCc1ccc2c(c1)OCO2)NCC1CCCOC1c1ccccc1.I. The molecule has 0 bridgehead atoms. The fourth-order valence-corrected chi connectivity index (χ4v) is 3.93. The molecule has 0 aromatic heterocycles. The average molecular weight is 523 g/mol. The summed E-state index contributed by atoms with van der Waals surface area (Å²) in [5, 5.41) is 6.89. The van der Waals surface area contributed by atoms with Crippen LogP contribution in [0.15, 0.2) is 53.5 Å². The number of halogens is 1. The zero-order valence-electron chi connectivity index (χ0n) is 17.3. The number of nitrogens with one attached hydrogen (secondary N) is 2. The molecule has 2 aliphatic heterocycles. The van der Waals surface area contributed by atoms with Gasteiger partial charge in [0, 0.05) is 32.7 Å². The summed E-state index contributed by atoms with van der Waals surface area (Å²) in [4.78, 5) is 4.37. The Morgan fingerprint density at radius 1 is 1.07 bits per heavy atom. The van der Waals surface area contributed by atoms with Gasteiger partial charge in [-0.3, -0.25) is 4.99 Å². The summed E-state index contributed by atoms with van der Waals surface area (Å²) in [7, 11) is 1.81. The second-order valence-corrected chi connectivity index (χ2v) is 7.42. The first-order chi connectivity index (χ1) is 14.3. The highest BCUT2D eigenvalue weighted by Gasteiger charge is 2.27. The number of hydrogen-bond donors (Lipinski definition) is 2. The molecule has 2 aliphatic rings. The largest absolute Gasteiger partial charge is 0.454 e. The molecule has 2 atom stereocenters. The van der Waals surface area contributed by atoms with Crippen molar-refractivity contribution in [2.75, 3.05) is 33.5 Å². The molecule has 1 fully saturated rings. The molecule has 2 aromatic carbocycles. The van der Waals surface area contributed by atoms with Gasteiger partial charge in [0.1, 0.15) is 0 Å². The highest BCUT2D eigenvalue weighted by Crippen LogP contribution is 2.33. The molecule has 2 heterocycles. The van der Waals surface area contributed by atoms with Crippen LogP contribution in [-0.4, -0.2) is 39.5 Å². The molecule has 2 aromatic rings. The van der Waals surface area contributed by atoms with Gasteiger partial charge in [0.05, 0.1) is 6.10 Å². The van der Waals surface area contributed by atoms with E-state index in [1.54, 1.807) is 0 Å². The molecular formula is C23H30IN3O3. The molecule has 0 amide bonds. The molecule has 4 rings (SSSR count). The third-order valence-electron chi connectivity index (χ3n) is 5.47. The predicted molar refractivity (Wildman–Crippen MR) is 129 cm³/mol. The summed E-state index contributed by atoms with van der Waals surface area (Å²) in [5.74, 6) is 2.90. The number of hydrogen-bond acceptors (Lipinski definition) is 4. The molecule has 0 radical (unpaired) electrons. The molecule has 162 valence electrons. The zero-order chi connectivity index (χ0) is 19.9. The van der Waals surface area contributed by atoms with Crippen LogP contribution in [0.1, 0.15) is 30.1 Å². The fraction of sp³-hybridized carbons (Fsp3) is 0.435. The lowest BCUT2D eigenvalue weighted by Gasteiger charge is -2.32. The maximum absolute atomic E-state index is 6.10. The Hall–Kier alpha value is -2.00. The van der Waals surface area contributed by atoms with Crippen molar-refractivity contribution in [2.45, 2.75) is 25.4 Å². The van der Waals surface area contributed by atoms with Crippen LogP contribution in [-0.2, 0) is 11.2 Å². The Labute approximate surface area is 195 Å². The molecule has 0 saturated carbocycles. The van der Waals surface area contributed by atoms with Crippen molar-refractivity contribution in [2.24, 2.45) is 10.9 Å². The fourth-order valence-electron chi connectivity index (χ4n) is 3.93. The molecular weight excluding hydrogens is 493 g/mol. The van der Waals surface area contributed by atoms with Crippen LogP contribution in [0.3, 0.4) is 0 Å². The van der Waals surface area contributed by atoms with Gasteiger partial charge in [-0.05, 0) is 42.5 Å². The van der Waals surface area contributed by atoms with E-state index in [0.29, 0.717) is 12.7 Å². The second-order valence-electron chi connectivity index (χ2n) is 7.42. The lowest BCUT2D eigenvalue weighted by atomic mass is 9.89. The van der Waals surface area contributed by atoms with Crippen molar-refractivity contribution >= 4 is 29.9 Å². The second kappa shape index (κ2) is 11.4. The van der Waals surface area contributed by atoms with Crippen LogP contribution < -0.4 is 20.1 Å². The van der Waals surface area contributed by atoms with E-state index in [1.165, 1.54) is 11.1 Å². The quantitative estimate of drug-likeness (QED) is 0.342. The number of fused-ring (bicyclic) bond motifs is 1. The van der Waals surface area contributed by atoms with Gasteiger partial charge >= 0.3 is 0 Å². The maximum Gasteiger partial charge on any atom is 0.231 e. The number of aliphatic imine (C=N–C) groups is 1. The van der Waals surface area contributed by atoms with Gasteiger partial charge < -0.3 is 24.8 Å².